The lowest BCUT2D eigenvalue weighted by Crippen LogP contribution is -2.01. The number of hydrogen-bond donors (Lipinski definition) is 1. The van der Waals surface area contributed by atoms with Gasteiger partial charge in [0, 0.05) is 0 Å². The van der Waals surface area contributed by atoms with Gasteiger partial charge in [-0.25, -0.2) is 9.78 Å². The highest BCUT2D eigenvalue weighted by Crippen LogP contribution is 2.26. The molecule has 21 heavy (non-hydrogen) atoms. The highest BCUT2D eigenvalue weighted by atomic mass is 16.4. The van der Waals surface area contributed by atoms with Crippen molar-refractivity contribution in [2.75, 3.05) is 0 Å². The van der Waals surface area contributed by atoms with Crippen LogP contribution in [0.3, 0.4) is 0 Å². The number of rotatable bonds is 3. The molecule has 0 aliphatic heterocycles. The molecule has 0 bridgehead atoms. The Bertz CT molecular complexity index is 819. The summed E-state index contributed by atoms with van der Waals surface area (Å²) in [6.07, 6.45) is 1.75. The Labute approximate surface area is 122 Å². The maximum atomic E-state index is 11.2. The van der Waals surface area contributed by atoms with E-state index in [0.717, 1.165) is 16.7 Å². The van der Waals surface area contributed by atoms with E-state index in [4.69, 9.17) is 5.11 Å². The van der Waals surface area contributed by atoms with E-state index in [1.807, 2.05) is 22.8 Å². The zero-order chi connectivity index (χ0) is 15.0. The predicted molar refractivity (Wildman–Crippen MR) is 82.1 cm³/mol. The lowest BCUT2D eigenvalue weighted by molar-refractivity contribution is 0.0697. The third-order valence-corrected chi connectivity index (χ3v) is 3.61. The van der Waals surface area contributed by atoms with Gasteiger partial charge in [-0.05, 0) is 35.7 Å². The Morgan fingerprint density at radius 1 is 1.19 bits per heavy atom. The normalized spacial score (nSPS) is 11.2. The summed E-state index contributed by atoms with van der Waals surface area (Å²) in [5, 5.41) is 9.16. The number of hydrogen-bond acceptors (Lipinski definition) is 2. The van der Waals surface area contributed by atoms with Gasteiger partial charge in [0.25, 0.3) is 0 Å². The molecular formula is C17H16N2O2. The lowest BCUT2D eigenvalue weighted by atomic mass is 10.0. The Morgan fingerprint density at radius 3 is 2.67 bits per heavy atom. The molecule has 1 aromatic heterocycles. The molecule has 0 saturated heterocycles. The minimum Gasteiger partial charge on any atom is -0.478 e. The van der Waals surface area contributed by atoms with Crippen LogP contribution >= 0.6 is 0 Å². The third kappa shape index (κ3) is 2.29. The summed E-state index contributed by atoms with van der Waals surface area (Å²) in [5.41, 5.74) is 4.11. The van der Waals surface area contributed by atoms with Crippen LogP contribution in [-0.2, 0) is 0 Å². The van der Waals surface area contributed by atoms with Gasteiger partial charge in [-0.1, -0.05) is 32.0 Å². The Hall–Kier alpha value is -2.62. The van der Waals surface area contributed by atoms with Gasteiger partial charge in [0.15, 0.2) is 0 Å². The fourth-order valence-corrected chi connectivity index (χ4v) is 2.53. The van der Waals surface area contributed by atoms with Crippen LogP contribution in [0.4, 0.5) is 0 Å². The van der Waals surface area contributed by atoms with Crippen molar-refractivity contribution in [1.82, 2.24) is 9.55 Å². The second kappa shape index (κ2) is 5.05. The van der Waals surface area contributed by atoms with Crippen molar-refractivity contribution in [3.05, 3.63) is 59.9 Å². The number of para-hydroxylation sites is 1. The second-order valence-corrected chi connectivity index (χ2v) is 5.34. The fourth-order valence-electron chi connectivity index (χ4n) is 2.53. The Morgan fingerprint density at radius 2 is 1.95 bits per heavy atom. The number of aromatic nitrogens is 2. The van der Waals surface area contributed by atoms with Crippen LogP contribution in [0, 0.1) is 0 Å². The smallest absolute Gasteiger partial charge is 0.335 e. The van der Waals surface area contributed by atoms with Crippen LogP contribution in [0.25, 0.3) is 16.7 Å². The molecule has 0 aliphatic rings. The molecular weight excluding hydrogens is 264 g/mol. The molecule has 0 unspecified atom stereocenters. The fraction of sp³-hybridized carbons (Fsp3) is 0.176. The molecule has 0 saturated carbocycles. The molecule has 3 aromatic rings. The molecule has 1 heterocycles. The quantitative estimate of drug-likeness (QED) is 0.793. The summed E-state index contributed by atoms with van der Waals surface area (Å²) in [4.78, 5) is 15.5. The molecule has 106 valence electrons. The van der Waals surface area contributed by atoms with E-state index in [0.29, 0.717) is 5.92 Å². The summed E-state index contributed by atoms with van der Waals surface area (Å²) in [6, 6.07) is 13.1. The molecule has 1 N–H and O–H groups in total. The maximum absolute atomic E-state index is 11.2. The molecule has 0 atom stereocenters. The number of aromatic carboxylic acids is 1. The highest BCUT2D eigenvalue weighted by Gasteiger charge is 2.12. The number of nitrogens with zero attached hydrogens (tertiary/aromatic N) is 2. The van der Waals surface area contributed by atoms with E-state index < -0.39 is 5.97 Å². The molecule has 0 aliphatic carbocycles. The van der Waals surface area contributed by atoms with Crippen LogP contribution in [0.5, 0.6) is 0 Å². The topological polar surface area (TPSA) is 55.1 Å². The summed E-state index contributed by atoms with van der Waals surface area (Å²) >= 11 is 0. The maximum Gasteiger partial charge on any atom is 0.335 e. The van der Waals surface area contributed by atoms with Gasteiger partial charge >= 0.3 is 5.97 Å². The first kappa shape index (κ1) is 13.4. The SMILES string of the molecule is CC(C)c1ccccc1-n1cnc2ccc(C(=O)O)cc21. The zero-order valence-corrected chi connectivity index (χ0v) is 11.9. The molecule has 0 radical (unpaired) electrons. The highest BCUT2D eigenvalue weighted by molar-refractivity contribution is 5.92. The summed E-state index contributed by atoms with van der Waals surface area (Å²) in [5.74, 6) is -0.553. The monoisotopic (exact) mass is 280 g/mol. The van der Waals surface area contributed by atoms with Crippen LogP contribution in [0.2, 0.25) is 0 Å². The molecule has 0 amide bonds. The summed E-state index contributed by atoms with van der Waals surface area (Å²) < 4.78 is 1.96. The number of fused-ring (bicyclic) bond motifs is 1. The van der Waals surface area contributed by atoms with Crippen molar-refractivity contribution in [1.29, 1.82) is 0 Å². The molecule has 3 rings (SSSR count). The standard InChI is InChI=1S/C17H16N2O2/c1-11(2)13-5-3-4-6-15(13)19-10-18-14-8-7-12(17(20)21)9-16(14)19/h3-11H,1-2H3,(H,20,21). The van der Waals surface area contributed by atoms with Crippen molar-refractivity contribution in [2.24, 2.45) is 0 Å². The van der Waals surface area contributed by atoms with E-state index in [1.54, 1.807) is 24.5 Å². The van der Waals surface area contributed by atoms with E-state index in [1.165, 1.54) is 5.56 Å². The van der Waals surface area contributed by atoms with Crippen molar-refractivity contribution >= 4 is 17.0 Å². The van der Waals surface area contributed by atoms with Crippen LogP contribution in [-0.4, -0.2) is 20.6 Å². The Kier molecular flexibility index (Phi) is 3.22. The number of imidazole rings is 1. The van der Waals surface area contributed by atoms with E-state index in [-0.39, 0.29) is 5.56 Å². The van der Waals surface area contributed by atoms with Gasteiger partial charge in [0.05, 0.1) is 22.3 Å². The van der Waals surface area contributed by atoms with E-state index in [9.17, 15) is 4.79 Å². The van der Waals surface area contributed by atoms with Crippen LogP contribution < -0.4 is 0 Å². The van der Waals surface area contributed by atoms with Crippen LogP contribution in [0.1, 0.15) is 35.7 Å². The first-order chi connectivity index (χ1) is 10.1. The van der Waals surface area contributed by atoms with Crippen molar-refractivity contribution in [2.45, 2.75) is 19.8 Å². The van der Waals surface area contributed by atoms with Gasteiger partial charge in [-0.2, -0.15) is 0 Å². The first-order valence-electron chi connectivity index (χ1n) is 6.87. The summed E-state index contributed by atoms with van der Waals surface area (Å²) in [6.45, 7) is 4.28. The molecule has 4 nitrogen and oxygen atoms in total. The minimum atomic E-state index is -0.929. The second-order valence-electron chi connectivity index (χ2n) is 5.34. The van der Waals surface area contributed by atoms with Gasteiger partial charge in [0.2, 0.25) is 0 Å². The summed E-state index contributed by atoms with van der Waals surface area (Å²) in [7, 11) is 0. The Balaban J connectivity index is 2.26. The van der Waals surface area contributed by atoms with Gasteiger partial charge in [-0.15, -0.1) is 0 Å². The minimum absolute atomic E-state index is 0.270. The zero-order valence-electron chi connectivity index (χ0n) is 11.9. The average Bonchev–Trinajstić information content (AvgIpc) is 2.89. The molecule has 0 spiro atoms. The lowest BCUT2D eigenvalue weighted by Gasteiger charge is -2.14. The van der Waals surface area contributed by atoms with E-state index >= 15 is 0 Å². The third-order valence-electron chi connectivity index (χ3n) is 3.61. The van der Waals surface area contributed by atoms with Crippen molar-refractivity contribution in [3.63, 3.8) is 0 Å². The molecule has 4 heteroatoms. The van der Waals surface area contributed by atoms with Crippen molar-refractivity contribution in [3.8, 4) is 5.69 Å². The number of carboxylic acids is 1. The first-order valence-corrected chi connectivity index (χ1v) is 6.87. The number of carbonyl (C=O) groups is 1. The predicted octanol–water partition coefficient (Wildman–Crippen LogP) is 3.85. The van der Waals surface area contributed by atoms with Crippen LogP contribution in [0.15, 0.2) is 48.8 Å². The number of carboxylic acid groups (broad SMARTS) is 1. The molecule has 0 fully saturated rings. The van der Waals surface area contributed by atoms with Gasteiger partial charge in [0.1, 0.15) is 6.33 Å². The van der Waals surface area contributed by atoms with Gasteiger partial charge in [-0.3, -0.25) is 4.57 Å². The number of benzene rings is 2. The average molecular weight is 280 g/mol. The van der Waals surface area contributed by atoms with Gasteiger partial charge < -0.3 is 5.11 Å². The largest absolute Gasteiger partial charge is 0.478 e. The van der Waals surface area contributed by atoms with Crippen molar-refractivity contribution < 1.29 is 9.90 Å². The van der Waals surface area contributed by atoms with E-state index in [2.05, 4.69) is 24.9 Å². The molecule has 2 aromatic carbocycles.